The SMILES string of the molecule is CCNC(=NCCCOC)NCCn1cccn1. The van der Waals surface area contributed by atoms with Gasteiger partial charge in [-0.2, -0.15) is 5.10 Å². The molecule has 0 atom stereocenters. The highest BCUT2D eigenvalue weighted by atomic mass is 16.5. The van der Waals surface area contributed by atoms with Gasteiger partial charge in [-0.3, -0.25) is 9.67 Å². The van der Waals surface area contributed by atoms with Crippen LogP contribution in [0.4, 0.5) is 0 Å². The highest BCUT2D eigenvalue weighted by Gasteiger charge is 1.96. The lowest BCUT2D eigenvalue weighted by atomic mass is 10.4. The van der Waals surface area contributed by atoms with Gasteiger partial charge in [0.15, 0.2) is 5.96 Å². The minimum Gasteiger partial charge on any atom is -0.385 e. The number of rotatable bonds is 8. The second kappa shape index (κ2) is 9.47. The van der Waals surface area contributed by atoms with Crippen molar-refractivity contribution in [2.75, 3.05) is 33.4 Å². The summed E-state index contributed by atoms with van der Waals surface area (Å²) >= 11 is 0. The first kappa shape index (κ1) is 14.5. The van der Waals surface area contributed by atoms with Crippen LogP contribution in [-0.4, -0.2) is 49.1 Å². The molecule has 1 aromatic rings. The van der Waals surface area contributed by atoms with E-state index in [0.717, 1.165) is 45.2 Å². The molecule has 0 fully saturated rings. The summed E-state index contributed by atoms with van der Waals surface area (Å²) in [4.78, 5) is 4.45. The predicted octanol–water partition coefficient (Wildman–Crippen LogP) is 0.475. The second-order valence-electron chi connectivity index (χ2n) is 3.80. The van der Waals surface area contributed by atoms with E-state index in [1.807, 2.05) is 16.9 Å². The zero-order chi connectivity index (χ0) is 13.1. The molecule has 0 radical (unpaired) electrons. The number of hydrogen-bond acceptors (Lipinski definition) is 3. The first-order chi connectivity index (χ1) is 8.86. The molecule has 1 heterocycles. The van der Waals surface area contributed by atoms with Gasteiger partial charge >= 0.3 is 0 Å². The van der Waals surface area contributed by atoms with Crippen molar-refractivity contribution < 1.29 is 4.74 Å². The fourth-order valence-electron chi connectivity index (χ4n) is 1.46. The maximum Gasteiger partial charge on any atom is 0.191 e. The summed E-state index contributed by atoms with van der Waals surface area (Å²) in [6, 6.07) is 1.92. The maximum absolute atomic E-state index is 4.99. The molecule has 0 spiro atoms. The number of nitrogens with zero attached hydrogens (tertiary/aromatic N) is 3. The van der Waals surface area contributed by atoms with Gasteiger partial charge < -0.3 is 15.4 Å². The Kier molecular flexibility index (Phi) is 7.63. The van der Waals surface area contributed by atoms with Crippen molar-refractivity contribution in [3.63, 3.8) is 0 Å². The van der Waals surface area contributed by atoms with E-state index in [-0.39, 0.29) is 0 Å². The summed E-state index contributed by atoms with van der Waals surface area (Å²) in [5.41, 5.74) is 0. The van der Waals surface area contributed by atoms with Crippen molar-refractivity contribution >= 4 is 5.96 Å². The Morgan fingerprint density at radius 3 is 3.00 bits per heavy atom. The number of ether oxygens (including phenoxy) is 1. The number of guanidine groups is 1. The fourth-order valence-corrected chi connectivity index (χ4v) is 1.46. The van der Waals surface area contributed by atoms with E-state index in [9.17, 15) is 0 Å². The monoisotopic (exact) mass is 253 g/mol. The van der Waals surface area contributed by atoms with Gasteiger partial charge in [0.1, 0.15) is 0 Å². The topological polar surface area (TPSA) is 63.5 Å². The smallest absolute Gasteiger partial charge is 0.191 e. The van der Waals surface area contributed by atoms with E-state index in [1.54, 1.807) is 13.3 Å². The van der Waals surface area contributed by atoms with Crippen LogP contribution in [0, 0.1) is 0 Å². The number of hydrogen-bond donors (Lipinski definition) is 2. The van der Waals surface area contributed by atoms with E-state index in [2.05, 4.69) is 27.6 Å². The molecular weight excluding hydrogens is 230 g/mol. The van der Waals surface area contributed by atoms with Crippen LogP contribution in [0.25, 0.3) is 0 Å². The summed E-state index contributed by atoms with van der Waals surface area (Å²) in [5, 5.41) is 10.6. The summed E-state index contributed by atoms with van der Waals surface area (Å²) < 4.78 is 6.88. The summed E-state index contributed by atoms with van der Waals surface area (Å²) in [7, 11) is 1.71. The molecule has 0 aliphatic heterocycles. The van der Waals surface area contributed by atoms with Crippen LogP contribution < -0.4 is 10.6 Å². The largest absolute Gasteiger partial charge is 0.385 e. The van der Waals surface area contributed by atoms with Crippen LogP contribution in [0.5, 0.6) is 0 Å². The summed E-state index contributed by atoms with van der Waals surface area (Å²) in [6.45, 7) is 6.06. The van der Waals surface area contributed by atoms with E-state index in [4.69, 9.17) is 4.74 Å². The van der Waals surface area contributed by atoms with Crippen LogP contribution in [0.3, 0.4) is 0 Å². The minimum absolute atomic E-state index is 0.746. The molecule has 0 aliphatic carbocycles. The van der Waals surface area contributed by atoms with Gasteiger partial charge in [-0.25, -0.2) is 0 Å². The number of aliphatic imine (C=N–C) groups is 1. The molecule has 0 bridgehead atoms. The fraction of sp³-hybridized carbons (Fsp3) is 0.667. The zero-order valence-corrected chi connectivity index (χ0v) is 11.2. The van der Waals surface area contributed by atoms with Gasteiger partial charge in [0, 0.05) is 45.7 Å². The Labute approximate surface area is 108 Å². The van der Waals surface area contributed by atoms with Crippen LogP contribution in [0.2, 0.25) is 0 Å². The van der Waals surface area contributed by atoms with Gasteiger partial charge in [-0.05, 0) is 19.4 Å². The highest BCUT2D eigenvalue weighted by molar-refractivity contribution is 5.79. The Balaban J connectivity index is 2.23. The molecular formula is C12H23N5O. The molecule has 2 N–H and O–H groups in total. The summed E-state index contributed by atoms with van der Waals surface area (Å²) in [5.74, 6) is 0.848. The molecule has 0 saturated heterocycles. The quantitative estimate of drug-likeness (QED) is 0.402. The Morgan fingerprint density at radius 1 is 1.44 bits per heavy atom. The Morgan fingerprint density at radius 2 is 2.33 bits per heavy atom. The maximum atomic E-state index is 4.99. The number of nitrogens with one attached hydrogen (secondary N) is 2. The molecule has 102 valence electrons. The summed E-state index contributed by atoms with van der Waals surface area (Å²) in [6.07, 6.45) is 4.67. The van der Waals surface area contributed by atoms with Crippen LogP contribution in [0.1, 0.15) is 13.3 Å². The van der Waals surface area contributed by atoms with Crippen molar-refractivity contribution in [1.29, 1.82) is 0 Å². The van der Waals surface area contributed by atoms with Crippen molar-refractivity contribution in [2.24, 2.45) is 4.99 Å². The van der Waals surface area contributed by atoms with Crippen molar-refractivity contribution in [1.82, 2.24) is 20.4 Å². The molecule has 0 aliphatic rings. The average molecular weight is 253 g/mol. The van der Waals surface area contributed by atoms with E-state index in [0.29, 0.717) is 0 Å². The number of methoxy groups -OCH3 is 1. The minimum atomic E-state index is 0.746. The zero-order valence-electron chi connectivity index (χ0n) is 11.2. The lowest BCUT2D eigenvalue weighted by Gasteiger charge is -2.11. The lowest BCUT2D eigenvalue weighted by Crippen LogP contribution is -2.39. The third kappa shape index (κ3) is 6.24. The van der Waals surface area contributed by atoms with Gasteiger partial charge in [0.2, 0.25) is 0 Å². The highest BCUT2D eigenvalue weighted by Crippen LogP contribution is 1.84. The molecule has 0 unspecified atom stereocenters. The standard InChI is InChI=1S/C12H23N5O/c1-3-13-12(14-6-5-11-18-2)15-8-10-17-9-4-7-16-17/h4,7,9H,3,5-6,8,10-11H2,1-2H3,(H2,13,14,15). The van der Waals surface area contributed by atoms with Gasteiger partial charge in [0.25, 0.3) is 0 Å². The second-order valence-corrected chi connectivity index (χ2v) is 3.80. The van der Waals surface area contributed by atoms with Crippen LogP contribution in [-0.2, 0) is 11.3 Å². The van der Waals surface area contributed by atoms with E-state index in [1.165, 1.54) is 0 Å². The third-order valence-electron chi connectivity index (χ3n) is 2.31. The Bertz CT molecular complexity index is 323. The molecule has 18 heavy (non-hydrogen) atoms. The average Bonchev–Trinajstić information content (AvgIpc) is 2.87. The van der Waals surface area contributed by atoms with Gasteiger partial charge in [-0.1, -0.05) is 0 Å². The molecule has 6 heteroatoms. The molecule has 0 aromatic carbocycles. The van der Waals surface area contributed by atoms with Crippen molar-refractivity contribution in [3.05, 3.63) is 18.5 Å². The lowest BCUT2D eigenvalue weighted by molar-refractivity contribution is 0.197. The van der Waals surface area contributed by atoms with Crippen molar-refractivity contribution in [3.8, 4) is 0 Å². The van der Waals surface area contributed by atoms with Gasteiger partial charge in [0.05, 0.1) is 6.54 Å². The van der Waals surface area contributed by atoms with Crippen LogP contribution in [0.15, 0.2) is 23.5 Å². The molecule has 1 aromatic heterocycles. The number of aromatic nitrogens is 2. The van der Waals surface area contributed by atoms with Gasteiger partial charge in [-0.15, -0.1) is 0 Å². The van der Waals surface area contributed by atoms with Crippen molar-refractivity contribution in [2.45, 2.75) is 19.9 Å². The normalized spacial score (nSPS) is 11.6. The van der Waals surface area contributed by atoms with Crippen LogP contribution >= 0.6 is 0 Å². The van der Waals surface area contributed by atoms with E-state index < -0.39 is 0 Å². The molecule has 6 nitrogen and oxygen atoms in total. The van der Waals surface area contributed by atoms with E-state index >= 15 is 0 Å². The third-order valence-corrected chi connectivity index (χ3v) is 2.31. The molecule has 1 rings (SSSR count). The molecule has 0 amide bonds. The Hall–Kier alpha value is -1.56. The molecule has 0 saturated carbocycles. The first-order valence-corrected chi connectivity index (χ1v) is 6.35. The predicted molar refractivity (Wildman–Crippen MR) is 72.7 cm³/mol. The first-order valence-electron chi connectivity index (χ1n) is 6.35.